The topological polar surface area (TPSA) is 54.4 Å². The van der Waals surface area contributed by atoms with E-state index in [0.29, 0.717) is 0 Å². The molecule has 0 radical (unpaired) electrons. The Balaban J connectivity index is 0.000001000. The van der Waals surface area contributed by atoms with Gasteiger partial charge in [-0.2, -0.15) is 32.7 Å². The summed E-state index contributed by atoms with van der Waals surface area (Å²) < 4.78 is 29.1. The minimum absolute atomic E-state index is 0. The molecule has 1 aromatic carbocycles. The van der Waals surface area contributed by atoms with Gasteiger partial charge in [-0.1, -0.05) is 0 Å². The van der Waals surface area contributed by atoms with E-state index in [1.807, 2.05) is 0 Å². The average molecular weight is 213 g/mol. The first-order valence-electron chi connectivity index (χ1n) is 2.55. The van der Waals surface area contributed by atoms with Crippen molar-refractivity contribution in [3.05, 3.63) is 30.3 Å². The zero-order valence-corrected chi connectivity index (χ0v) is 7.26. The van der Waals surface area contributed by atoms with Crippen LogP contribution in [0, 0.1) is 6.07 Å². The van der Waals surface area contributed by atoms with Gasteiger partial charge in [-0.3, -0.25) is 4.55 Å². The third-order valence-electron chi connectivity index (χ3n) is 0.958. The molecule has 0 aliphatic carbocycles. The Morgan fingerprint density at radius 1 is 1.36 bits per heavy atom. The molecule has 1 aromatic rings. The molecule has 1 N–H and O–H groups in total. The molecular formula is C6H5FeO3S-. The van der Waals surface area contributed by atoms with Crippen molar-refractivity contribution < 1.29 is 30.0 Å². The molecule has 0 heterocycles. The predicted molar refractivity (Wildman–Crippen MR) is 35.1 cm³/mol. The quantitative estimate of drug-likeness (QED) is 0.425. The fourth-order valence-electron chi connectivity index (χ4n) is 0.537. The van der Waals surface area contributed by atoms with Crippen molar-refractivity contribution in [2.24, 2.45) is 0 Å². The van der Waals surface area contributed by atoms with Gasteiger partial charge < -0.3 is 0 Å². The molecule has 62 valence electrons. The molecule has 5 heteroatoms. The monoisotopic (exact) mass is 213 g/mol. The van der Waals surface area contributed by atoms with E-state index < -0.39 is 10.1 Å². The Hall–Kier alpha value is -0.351. The summed E-state index contributed by atoms with van der Waals surface area (Å²) in [4.78, 5) is -0.199. The molecule has 0 saturated carbocycles. The number of benzene rings is 1. The molecule has 0 atom stereocenters. The molecule has 0 fully saturated rings. The summed E-state index contributed by atoms with van der Waals surface area (Å²) in [6.45, 7) is 0. The fourth-order valence-corrected chi connectivity index (χ4v) is 1.00. The van der Waals surface area contributed by atoms with Crippen LogP contribution in [-0.4, -0.2) is 13.0 Å². The second-order valence-electron chi connectivity index (χ2n) is 1.70. The molecule has 1 rings (SSSR count). The first kappa shape index (κ1) is 10.6. The van der Waals surface area contributed by atoms with Gasteiger partial charge in [-0.15, -0.1) is 6.07 Å². The van der Waals surface area contributed by atoms with Crippen molar-refractivity contribution in [3.8, 4) is 0 Å². The average Bonchev–Trinajstić information content (AvgIpc) is 1.88. The minimum atomic E-state index is -4.06. The standard InChI is InChI=1S/C6H5O3S.Fe/c7-10(8,9)6-4-2-1-3-5-6;/h1-4H,(H,7,8,9);/q-1;. The van der Waals surface area contributed by atoms with Crippen LogP contribution in [0.3, 0.4) is 0 Å². The van der Waals surface area contributed by atoms with Crippen molar-refractivity contribution in [2.45, 2.75) is 4.90 Å². The van der Waals surface area contributed by atoms with Gasteiger partial charge in [0.1, 0.15) is 0 Å². The van der Waals surface area contributed by atoms with E-state index in [2.05, 4.69) is 6.07 Å². The Kier molecular flexibility index (Phi) is 3.75. The zero-order valence-electron chi connectivity index (χ0n) is 5.33. The zero-order chi connectivity index (χ0) is 7.61. The number of hydrogen-bond acceptors (Lipinski definition) is 2. The second kappa shape index (κ2) is 3.87. The van der Waals surface area contributed by atoms with Gasteiger partial charge in [0, 0.05) is 17.1 Å². The SMILES string of the molecule is O=S(=O)(O)c1[c-]cccc1.[Fe]. The predicted octanol–water partition coefficient (Wildman–Crippen LogP) is 0.731. The molecule has 0 saturated heterocycles. The Morgan fingerprint density at radius 2 is 2.00 bits per heavy atom. The van der Waals surface area contributed by atoms with Crippen molar-refractivity contribution in [3.63, 3.8) is 0 Å². The first-order chi connectivity index (χ1) is 4.61. The molecule has 0 aliphatic heterocycles. The fraction of sp³-hybridized carbons (Fsp3) is 0. The summed E-state index contributed by atoms with van der Waals surface area (Å²) in [7, 11) is -4.06. The van der Waals surface area contributed by atoms with E-state index in [9.17, 15) is 8.42 Å². The van der Waals surface area contributed by atoms with Gasteiger partial charge >= 0.3 is 0 Å². The molecule has 0 bridgehead atoms. The van der Waals surface area contributed by atoms with Crippen LogP contribution >= 0.6 is 0 Å². The second-order valence-corrected chi connectivity index (χ2v) is 3.09. The Bertz CT molecular complexity index is 306. The van der Waals surface area contributed by atoms with E-state index in [1.54, 1.807) is 6.07 Å². The Labute approximate surface area is 75.7 Å². The molecule has 0 amide bonds. The van der Waals surface area contributed by atoms with Crippen LogP contribution in [0.1, 0.15) is 0 Å². The molecule has 0 unspecified atom stereocenters. The van der Waals surface area contributed by atoms with Crippen LogP contribution in [0.5, 0.6) is 0 Å². The van der Waals surface area contributed by atoms with Crippen LogP contribution < -0.4 is 0 Å². The van der Waals surface area contributed by atoms with Crippen LogP contribution in [0.15, 0.2) is 29.2 Å². The maximum Gasteiger partial charge on any atom is 0.271 e. The summed E-state index contributed by atoms with van der Waals surface area (Å²) in [6, 6.07) is 8.20. The normalized spacial score (nSPS) is 10.3. The molecular weight excluding hydrogens is 208 g/mol. The molecule has 11 heavy (non-hydrogen) atoms. The maximum atomic E-state index is 10.4. The largest absolute Gasteiger partial charge is 0.283 e. The van der Waals surface area contributed by atoms with Gasteiger partial charge in [-0.25, -0.2) is 0 Å². The molecule has 0 spiro atoms. The van der Waals surface area contributed by atoms with E-state index in [4.69, 9.17) is 4.55 Å². The molecule has 0 aliphatic rings. The molecule has 0 aromatic heterocycles. The summed E-state index contributed by atoms with van der Waals surface area (Å²) in [5.41, 5.74) is 0. The van der Waals surface area contributed by atoms with E-state index in [0.717, 1.165) is 0 Å². The van der Waals surface area contributed by atoms with Crippen molar-refractivity contribution in [2.75, 3.05) is 0 Å². The number of rotatable bonds is 1. The third kappa shape index (κ3) is 3.03. The van der Waals surface area contributed by atoms with E-state index in [-0.39, 0.29) is 22.0 Å². The van der Waals surface area contributed by atoms with Gasteiger partial charge in [0.2, 0.25) is 0 Å². The third-order valence-corrected chi connectivity index (χ3v) is 1.77. The first-order valence-corrected chi connectivity index (χ1v) is 3.99. The summed E-state index contributed by atoms with van der Waals surface area (Å²) in [6.07, 6.45) is 0. The minimum Gasteiger partial charge on any atom is -0.283 e. The maximum absolute atomic E-state index is 10.4. The van der Waals surface area contributed by atoms with Crippen molar-refractivity contribution >= 4 is 10.1 Å². The van der Waals surface area contributed by atoms with Crippen molar-refractivity contribution in [1.29, 1.82) is 0 Å². The van der Waals surface area contributed by atoms with Crippen molar-refractivity contribution in [1.82, 2.24) is 0 Å². The van der Waals surface area contributed by atoms with Gasteiger partial charge in [0.05, 0.1) is 0 Å². The van der Waals surface area contributed by atoms with Gasteiger partial charge in [0.25, 0.3) is 10.1 Å². The van der Waals surface area contributed by atoms with E-state index >= 15 is 0 Å². The summed E-state index contributed by atoms with van der Waals surface area (Å²) in [5, 5.41) is 0. The smallest absolute Gasteiger partial charge is 0.271 e. The van der Waals surface area contributed by atoms with Crippen LogP contribution in [0.25, 0.3) is 0 Å². The van der Waals surface area contributed by atoms with Gasteiger partial charge in [0.15, 0.2) is 0 Å². The van der Waals surface area contributed by atoms with Crippen LogP contribution in [-0.2, 0) is 27.2 Å². The van der Waals surface area contributed by atoms with Crippen LogP contribution in [0.2, 0.25) is 0 Å². The molecule has 3 nitrogen and oxygen atoms in total. The summed E-state index contributed by atoms with van der Waals surface area (Å²) in [5.74, 6) is 0. The van der Waals surface area contributed by atoms with Gasteiger partial charge in [-0.05, 0) is 4.90 Å². The van der Waals surface area contributed by atoms with Crippen LogP contribution in [0.4, 0.5) is 0 Å². The Morgan fingerprint density at radius 3 is 2.27 bits per heavy atom. The summed E-state index contributed by atoms with van der Waals surface area (Å²) >= 11 is 0. The van der Waals surface area contributed by atoms with E-state index in [1.165, 1.54) is 18.2 Å². The number of hydrogen-bond donors (Lipinski definition) is 1.